The number of halogens is 2. The third-order valence-electron chi connectivity index (χ3n) is 5.07. The van der Waals surface area contributed by atoms with Crippen LogP contribution in [0.15, 0.2) is 24.4 Å². The zero-order chi connectivity index (χ0) is 20.5. The Kier molecular flexibility index (Phi) is 5.25. The smallest absolute Gasteiger partial charge is 0.225 e. The molecule has 1 aromatic carbocycles. The molecular weight excluding hydrogens is 368 g/mol. The molecule has 0 bridgehead atoms. The highest BCUT2D eigenvalue weighted by molar-refractivity contribution is 5.99. The monoisotopic (exact) mass is 387 g/mol. The second-order valence-corrected chi connectivity index (χ2v) is 7.24. The van der Waals surface area contributed by atoms with Gasteiger partial charge in [0.25, 0.3) is 0 Å². The van der Waals surface area contributed by atoms with E-state index in [9.17, 15) is 23.9 Å². The second-order valence-electron chi connectivity index (χ2n) is 7.24. The number of carbonyl (C=O) groups excluding carboxylic acids is 1. The molecule has 0 amide bonds. The molecule has 1 aliphatic rings. The topological polar surface area (TPSA) is 111 Å². The highest BCUT2D eigenvalue weighted by Gasteiger charge is 2.47. The van der Waals surface area contributed by atoms with Gasteiger partial charge in [0.05, 0.1) is 24.4 Å². The average Bonchev–Trinajstić information content (AvgIpc) is 2.66. The number of aromatic nitrogens is 2. The summed E-state index contributed by atoms with van der Waals surface area (Å²) < 4.78 is 26.7. The minimum absolute atomic E-state index is 0.0766. The molecule has 7 nitrogen and oxygen atoms in total. The van der Waals surface area contributed by atoms with E-state index in [0.29, 0.717) is 12.5 Å². The van der Waals surface area contributed by atoms with E-state index in [1.54, 1.807) is 0 Å². The first-order valence-electron chi connectivity index (χ1n) is 8.66. The van der Waals surface area contributed by atoms with E-state index in [4.69, 9.17) is 0 Å². The number of hydrogen-bond donors (Lipinski definition) is 3. The quantitative estimate of drug-likeness (QED) is 0.653. The fraction of sp³-hybridized carbons (Fsp3) is 0.368. The van der Waals surface area contributed by atoms with Crippen molar-refractivity contribution in [1.29, 1.82) is 5.26 Å². The van der Waals surface area contributed by atoms with Crippen LogP contribution in [0.4, 0.5) is 20.5 Å². The lowest BCUT2D eigenvalue weighted by atomic mass is 9.64. The van der Waals surface area contributed by atoms with Crippen molar-refractivity contribution in [3.63, 3.8) is 0 Å². The zero-order valence-corrected chi connectivity index (χ0v) is 15.3. The standard InChI is InChI=1S/C19H19F2N5O2/c1-19(2)15(6-16(19)28)25-17-10(7-22)8-23-18(26-17)24-9-14(27)12-4-3-11(20)5-13(12)21/h3-5,8,15-16,28H,6,9H2,1-2H3,(H2,23,24,25,26)/t15-,16+/m1/s1. The summed E-state index contributed by atoms with van der Waals surface area (Å²) in [6, 6.07) is 4.63. The van der Waals surface area contributed by atoms with E-state index >= 15 is 0 Å². The van der Waals surface area contributed by atoms with Crippen molar-refractivity contribution in [2.24, 2.45) is 5.41 Å². The maximum absolute atomic E-state index is 13.7. The third kappa shape index (κ3) is 3.77. The first-order valence-corrected chi connectivity index (χ1v) is 8.66. The Morgan fingerprint density at radius 1 is 1.43 bits per heavy atom. The lowest BCUT2D eigenvalue weighted by Crippen LogP contribution is -2.57. The number of benzene rings is 1. The molecule has 146 valence electrons. The van der Waals surface area contributed by atoms with E-state index < -0.39 is 23.5 Å². The zero-order valence-electron chi connectivity index (χ0n) is 15.3. The summed E-state index contributed by atoms with van der Waals surface area (Å²) in [5, 5.41) is 24.9. The van der Waals surface area contributed by atoms with Crippen LogP contribution in [0, 0.1) is 28.4 Å². The van der Waals surface area contributed by atoms with Gasteiger partial charge < -0.3 is 15.7 Å². The average molecular weight is 387 g/mol. The molecule has 1 heterocycles. The number of carbonyl (C=O) groups is 1. The Labute approximate surface area is 160 Å². The van der Waals surface area contributed by atoms with Crippen LogP contribution in [-0.2, 0) is 0 Å². The molecule has 0 radical (unpaired) electrons. The maximum atomic E-state index is 13.7. The van der Waals surface area contributed by atoms with Gasteiger partial charge in [0.15, 0.2) is 5.78 Å². The van der Waals surface area contributed by atoms with Gasteiger partial charge in [-0.25, -0.2) is 13.8 Å². The summed E-state index contributed by atoms with van der Waals surface area (Å²) in [6.07, 6.45) is 1.38. The molecule has 0 aliphatic heterocycles. The number of aliphatic hydroxyl groups excluding tert-OH is 1. The Morgan fingerprint density at radius 2 is 2.18 bits per heavy atom. The van der Waals surface area contributed by atoms with Crippen molar-refractivity contribution in [2.45, 2.75) is 32.4 Å². The fourth-order valence-corrected chi connectivity index (χ4v) is 2.94. The number of nitriles is 1. The molecule has 1 aliphatic carbocycles. The highest BCUT2D eigenvalue weighted by Crippen LogP contribution is 2.42. The minimum atomic E-state index is -0.944. The SMILES string of the molecule is CC1(C)[C@@H](O)C[C@H]1Nc1nc(NCC(=O)c2ccc(F)cc2F)ncc1C#N. The predicted octanol–water partition coefficient (Wildman–Crippen LogP) is 2.49. The Balaban J connectivity index is 1.71. The molecule has 2 atom stereocenters. The fourth-order valence-electron chi connectivity index (χ4n) is 2.94. The minimum Gasteiger partial charge on any atom is -0.392 e. The number of Topliss-reactive ketones (excluding diaryl/α,β-unsaturated/α-hetero) is 1. The lowest BCUT2D eigenvalue weighted by Gasteiger charge is -2.49. The Morgan fingerprint density at radius 3 is 2.79 bits per heavy atom. The van der Waals surface area contributed by atoms with Gasteiger partial charge in [-0.3, -0.25) is 4.79 Å². The van der Waals surface area contributed by atoms with Crippen LogP contribution >= 0.6 is 0 Å². The number of hydrogen-bond acceptors (Lipinski definition) is 7. The molecule has 1 saturated carbocycles. The largest absolute Gasteiger partial charge is 0.392 e. The molecular formula is C19H19F2N5O2. The van der Waals surface area contributed by atoms with E-state index in [0.717, 1.165) is 12.1 Å². The van der Waals surface area contributed by atoms with Gasteiger partial charge in [-0.2, -0.15) is 10.2 Å². The van der Waals surface area contributed by atoms with Crippen molar-refractivity contribution in [3.8, 4) is 6.07 Å². The molecule has 0 unspecified atom stereocenters. The molecule has 1 aromatic heterocycles. The van der Waals surface area contributed by atoms with Crippen molar-refractivity contribution in [2.75, 3.05) is 17.2 Å². The lowest BCUT2D eigenvalue weighted by molar-refractivity contribution is -0.0511. The van der Waals surface area contributed by atoms with Crippen LogP contribution in [0.1, 0.15) is 36.2 Å². The second kappa shape index (κ2) is 7.48. The summed E-state index contributed by atoms with van der Waals surface area (Å²) in [5.41, 5.74) is -0.397. The van der Waals surface area contributed by atoms with Crippen LogP contribution in [0.2, 0.25) is 0 Å². The summed E-state index contributed by atoms with van der Waals surface area (Å²) in [5.74, 6) is -1.94. The van der Waals surface area contributed by atoms with Gasteiger partial charge >= 0.3 is 0 Å². The van der Waals surface area contributed by atoms with Crippen LogP contribution in [0.3, 0.4) is 0 Å². The molecule has 28 heavy (non-hydrogen) atoms. The summed E-state index contributed by atoms with van der Waals surface area (Å²) in [6.45, 7) is 3.50. The van der Waals surface area contributed by atoms with E-state index in [1.165, 1.54) is 6.20 Å². The van der Waals surface area contributed by atoms with Gasteiger partial charge in [-0.1, -0.05) is 13.8 Å². The first kappa shape index (κ1) is 19.6. The van der Waals surface area contributed by atoms with E-state index in [-0.39, 0.29) is 40.9 Å². The number of anilines is 2. The number of ketones is 1. The third-order valence-corrected chi connectivity index (χ3v) is 5.07. The summed E-state index contributed by atoms with van der Waals surface area (Å²) in [4.78, 5) is 20.3. The maximum Gasteiger partial charge on any atom is 0.225 e. The number of nitrogens with zero attached hydrogens (tertiary/aromatic N) is 3. The summed E-state index contributed by atoms with van der Waals surface area (Å²) >= 11 is 0. The van der Waals surface area contributed by atoms with Crippen LogP contribution in [0.25, 0.3) is 0 Å². The number of nitrogens with one attached hydrogen (secondary N) is 2. The van der Waals surface area contributed by atoms with Crippen molar-refractivity contribution < 1.29 is 18.7 Å². The van der Waals surface area contributed by atoms with E-state index in [1.807, 2.05) is 19.9 Å². The van der Waals surface area contributed by atoms with Crippen molar-refractivity contribution in [3.05, 3.63) is 47.2 Å². The van der Waals surface area contributed by atoms with Gasteiger partial charge in [0.1, 0.15) is 29.1 Å². The normalized spacial score (nSPS) is 20.0. The van der Waals surface area contributed by atoms with Crippen molar-refractivity contribution in [1.82, 2.24) is 9.97 Å². The number of rotatable bonds is 6. The van der Waals surface area contributed by atoms with Crippen LogP contribution in [-0.4, -0.2) is 39.5 Å². The van der Waals surface area contributed by atoms with Gasteiger partial charge in [-0.15, -0.1) is 0 Å². The summed E-state index contributed by atoms with van der Waals surface area (Å²) in [7, 11) is 0. The molecule has 0 spiro atoms. The van der Waals surface area contributed by atoms with Gasteiger partial charge in [0, 0.05) is 17.5 Å². The molecule has 3 N–H and O–H groups in total. The van der Waals surface area contributed by atoms with Crippen LogP contribution < -0.4 is 10.6 Å². The molecule has 1 fully saturated rings. The van der Waals surface area contributed by atoms with Gasteiger partial charge in [0.2, 0.25) is 5.95 Å². The first-order chi connectivity index (χ1) is 13.2. The predicted molar refractivity (Wildman–Crippen MR) is 97.7 cm³/mol. The van der Waals surface area contributed by atoms with E-state index in [2.05, 4.69) is 20.6 Å². The van der Waals surface area contributed by atoms with Gasteiger partial charge in [-0.05, 0) is 18.6 Å². The Bertz CT molecular complexity index is 958. The van der Waals surface area contributed by atoms with Crippen molar-refractivity contribution >= 4 is 17.5 Å². The molecule has 0 saturated heterocycles. The molecule has 3 rings (SSSR count). The number of aliphatic hydroxyl groups is 1. The molecule has 9 heteroatoms. The molecule has 2 aromatic rings. The van der Waals surface area contributed by atoms with Crippen LogP contribution in [0.5, 0.6) is 0 Å². The highest BCUT2D eigenvalue weighted by atomic mass is 19.1. The Hall–Kier alpha value is -3.12.